The van der Waals surface area contributed by atoms with Crippen LogP contribution in [0.3, 0.4) is 0 Å². The number of sulfonamides is 1. The maximum Gasteiger partial charge on any atom is 0.214 e. The maximum atomic E-state index is 12.7. The molecule has 1 fully saturated rings. The summed E-state index contributed by atoms with van der Waals surface area (Å²) in [7, 11) is -3.21. The van der Waals surface area contributed by atoms with Crippen LogP contribution in [-0.2, 0) is 16.4 Å². The molecule has 0 radical (unpaired) electrons. The second kappa shape index (κ2) is 7.87. The summed E-state index contributed by atoms with van der Waals surface area (Å²) in [6, 6.07) is 3.87. The zero-order chi connectivity index (χ0) is 15.1. The Morgan fingerprint density at radius 2 is 2.14 bits per heavy atom. The van der Waals surface area contributed by atoms with Crippen LogP contribution in [0, 0.1) is 0 Å². The minimum atomic E-state index is -3.21. The van der Waals surface area contributed by atoms with E-state index in [1.54, 1.807) is 16.7 Å². The monoisotopic (exact) mass is 311 g/mol. The third-order valence-corrected chi connectivity index (χ3v) is 5.79. The van der Waals surface area contributed by atoms with Crippen molar-refractivity contribution in [3.63, 3.8) is 0 Å². The number of hydrogen-bond acceptors (Lipinski definition) is 4. The minimum Gasteiger partial charge on any atom is -0.315 e. The summed E-state index contributed by atoms with van der Waals surface area (Å²) in [5.74, 6) is 0.174. The van der Waals surface area contributed by atoms with Gasteiger partial charge in [-0.2, -0.15) is 4.31 Å². The van der Waals surface area contributed by atoms with Crippen molar-refractivity contribution in [3.05, 3.63) is 30.1 Å². The summed E-state index contributed by atoms with van der Waals surface area (Å²) in [6.07, 6.45) is 6.82. The van der Waals surface area contributed by atoms with Crippen molar-refractivity contribution in [2.75, 3.05) is 25.4 Å². The molecule has 1 aliphatic heterocycles. The van der Waals surface area contributed by atoms with Crippen molar-refractivity contribution in [3.8, 4) is 0 Å². The standard InChI is InChI=1S/C15H25N3O2S/c1-2-11-18(15-4-3-8-17-13-15)21(19,20)12-7-14-5-9-16-10-6-14/h5-6,9-10,15,17H,2-4,7-8,11-13H2,1H3. The first-order chi connectivity index (χ1) is 10.1. The van der Waals surface area contributed by atoms with Gasteiger partial charge in [-0.25, -0.2) is 8.42 Å². The highest BCUT2D eigenvalue weighted by Crippen LogP contribution is 2.17. The van der Waals surface area contributed by atoms with Gasteiger partial charge in [0, 0.05) is 31.5 Å². The largest absolute Gasteiger partial charge is 0.315 e. The molecule has 1 saturated heterocycles. The van der Waals surface area contributed by atoms with E-state index in [9.17, 15) is 8.42 Å². The highest BCUT2D eigenvalue weighted by molar-refractivity contribution is 7.89. The normalized spacial score (nSPS) is 19.8. The van der Waals surface area contributed by atoms with E-state index in [1.165, 1.54) is 0 Å². The highest BCUT2D eigenvalue weighted by atomic mass is 32.2. The van der Waals surface area contributed by atoms with Gasteiger partial charge in [0.15, 0.2) is 0 Å². The molecule has 6 heteroatoms. The molecule has 0 aliphatic carbocycles. The number of rotatable bonds is 7. The molecule has 0 bridgehead atoms. The van der Waals surface area contributed by atoms with E-state index in [-0.39, 0.29) is 11.8 Å². The van der Waals surface area contributed by atoms with Crippen molar-refractivity contribution in [2.24, 2.45) is 0 Å². The van der Waals surface area contributed by atoms with Gasteiger partial charge in [0.2, 0.25) is 10.0 Å². The van der Waals surface area contributed by atoms with Crippen LogP contribution >= 0.6 is 0 Å². The Bertz CT molecular complexity index is 513. The molecular weight excluding hydrogens is 286 g/mol. The Labute approximate surface area is 127 Å². The van der Waals surface area contributed by atoms with Gasteiger partial charge in [0.25, 0.3) is 0 Å². The van der Waals surface area contributed by atoms with Crippen LogP contribution in [0.2, 0.25) is 0 Å². The quantitative estimate of drug-likeness (QED) is 0.827. The molecule has 0 saturated carbocycles. The van der Waals surface area contributed by atoms with Gasteiger partial charge in [0.1, 0.15) is 0 Å². The molecule has 21 heavy (non-hydrogen) atoms. The smallest absolute Gasteiger partial charge is 0.214 e. The summed E-state index contributed by atoms with van der Waals surface area (Å²) in [5.41, 5.74) is 1.02. The van der Waals surface area contributed by atoms with E-state index < -0.39 is 10.0 Å². The van der Waals surface area contributed by atoms with Crippen LogP contribution in [0.4, 0.5) is 0 Å². The Balaban J connectivity index is 2.02. The van der Waals surface area contributed by atoms with Crippen LogP contribution in [0.5, 0.6) is 0 Å². The summed E-state index contributed by atoms with van der Waals surface area (Å²) in [4.78, 5) is 3.96. The SMILES string of the molecule is CCCN(C1CCCNC1)S(=O)(=O)CCc1ccncc1. The van der Waals surface area contributed by atoms with Crippen molar-refractivity contribution in [1.29, 1.82) is 0 Å². The number of piperidine rings is 1. The number of nitrogens with one attached hydrogen (secondary N) is 1. The first-order valence-corrected chi connectivity index (χ1v) is 9.33. The van der Waals surface area contributed by atoms with Crippen molar-refractivity contribution in [2.45, 2.75) is 38.6 Å². The average molecular weight is 311 g/mol. The van der Waals surface area contributed by atoms with Gasteiger partial charge in [-0.1, -0.05) is 6.92 Å². The molecule has 0 amide bonds. The lowest BCUT2D eigenvalue weighted by Gasteiger charge is -2.33. The van der Waals surface area contributed by atoms with E-state index >= 15 is 0 Å². The fourth-order valence-corrected chi connectivity index (χ4v) is 4.59. The van der Waals surface area contributed by atoms with E-state index in [1.807, 2.05) is 19.1 Å². The van der Waals surface area contributed by atoms with Gasteiger partial charge < -0.3 is 5.32 Å². The van der Waals surface area contributed by atoms with Crippen molar-refractivity contribution < 1.29 is 8.42 Å². The second-order valence-corrected chi connectivity index (χ2v) is 7.57. The van der Waals surface area contributed by atoms with Crippen LogP contribution < -0.4 is 5.32 Å². The zero-order valence-electron chi connectivity index (χ0n) is 12.7. The third-order valence-electron chi connectivity index (χ3n) is 3.88. The Morgan fingerprint density at radius 3 is 2.76 bits per heavy atom. The van der Waals surface area contributed by atoms with E-state index in [2.05, 4.69) is 10.3 Å². The minimum absolute atomic E-state index is 0.112. The number of aromatic nitrogens is 1. The van der Waals surface area contributed by atoms with Gasteiger partial charge >= 0.3 is 0 Å². The number of hydrogen-bond donors (Lipinski definition) is 1. The molecule has 2 heterocycles. The predicted octanol–water partition coefficient (Wildman–Crippen LogP) is 1.42. The summed E-state index contributed by atoms with van der Waals surface area (Å²) in [6.45, 7) is 4.41. The molecule has 2 rings (SSSR count). The summed E-state index contributed by atoms with van der Waals surface area (Å²) in [5, 5.41) is 3.31. The molecule has 1 unspecified atom stereocenters. The zero-order valence-corrected chi connectivity index (χ0v) is 13.5. The maximum absolute atomic E-state index is 12.7. The van der Waals surface area contributed by atoms with Crippen molar-refractivity contribution >= 4 is 10.0 Å². The van der Waals surface area contributed by atoms with Crippen molar-refractivity contribution in [1.82, 2.24) is 14.6 Å². The number of nitrogens with zero attached hydrogens (tertiary/aromatic N) is 2. The van der Waals surface area contributed by atoms with Gasteiger partial charge in [-0.15, -0.1) is 0 Å². The average Bonchev–Trinajstić information content (AvgIpc) is 2.52. The lowest BCUT2D eigenvalue weighted by molar-refractivity contribution is 0.266. The molecule has 1 aromatic heterocycles. The molecule has 118 valence electrons. The molecule has 5 nitrogen and oxygen atoms in total. The van der Waals surface area contributed by atoms with E-state index in [0.29, 0.717) is 13.0 Å². The third kappa shape index (κ3) is 4.76. The lowest BCUT2D eigenvalue weighted by Crippen LogP contribution is -2.49. The van der Waals surface area contributed by atoms with Gasteiger partial charge in [-0.3, -0.25) is 4.98 Å². The molecular formula is C15H25N3O2S. The highest BCUT2D eigenvalue weighted by Gasteiger charge is 2.29. The molecule has 1 atom stereocenters. The van der Waals surface area contributed by atoms with Gasteiger partial charge in [0.05, 0.1) is 5.75 Å². The van der Waals surface area contributed by atoms with E-state index in [0.717, 1.165) is 37.9 Å². The molecule has 1 N–H and O–H groups in total. The molecule has 1 aromatic rings. The van der Waals surface area contributed by atoms with Gasteiger partial charge in [-0.05, 0) is 49.9 Å². The molecule has 1 aliphatic rings. The Morgan fingerprint density at radius 1 is 1.38 bits per heavy atom. The van der Waals surface area contributed by atoms with E-state index in [4.69, 9.17) is 0 Å². The Hall–Kier alpha value is -0.980. The summed E-state index contributed by atoms with van der Waals surface area (Å²) >= 11 is 0. The number of aryl methyl sites for hydroxylation is 1. The lowest BCUT2D eigenvalue weighted by atomic mass is 10.1. The second-order valence-electron chi connectivity index (χ2n) is 5.53. The first kappa shape index (κ1) is 16.4. The first-order valence-electron chi connectivity index (χ1n) is 7.72. The topological polar surface area (TPSA) is 62.3 Å². The van der Waals surface area contributed by atoms with Crippen LogP contribution in [0.1, 0.15) is 31.7 Å². The molecule has 0 spiro atoms. The predicted molar refractivity (Wildman–Crippen MR) is 84.6 cm³/mol. The Kier molecular flexibility index (Phi) is 6.14. The fourth-order valence-electron chi connectivity index (χ4n) is 2.76. The summed E-state index contributed by atoms with van der Waals surface area (Å²) < 4.78 is 27.1. The van der Waals surface area contributed by atoms with Crippen LogP contribution in [0.25, 0.3) is 0 Å². The van der Waals surface area contributed by atoms with Crippen LogP contribution in [0.15, 0.2) is 24.5 Å². The number of pyridine rings is 1. The molecule has 0 aromatic carbocycles. The fraction of sp³-hybridized carbons (Fsp3) is 0.667. The van der Waals surface area contributed by atoms with Crippen LogP contribution in [-0.4, -0.2) is 49.1 Å².